The van der Waals surface area contributed by atoms with Crippen molar-refractivity contribution in [2.45, 2.75) is 19.9 Å². The van der Waals surface area contributed by atoms with Crippen molar-refractivity contribution in [3.05, 3.63) is 64.6 Å². The van der Waals surface area contributed by atoms with Gasteiger partial charge in [-0.05, 0) is 40.5 Å². The van der Waals surface area contributed by atoms with Gasteiger partial charge in [0.25, 0.3) is 0 Å². The van der Waals surface area contributed by atoms with Gasteiger partial charge in [-0.1, -0.05) is 42.5 Å². The second-order valence-corrected chi connectivity index (χ2v) is 5.90. The highest BCUT2D eigenvalue weighted by Gasteiger charge is 2.11. The molecule has 2 aromatic rings. The van der Waals surface area contributed by atoms with Gasteiger partial charge in [0.15, 0.2) is 0 Å². The quantitative estimate of drug-likeness (QED) is 0.798. The largest absolute Gasteiger partial charge is 0.384 e. The summed E-state index contributed by atoms with van der Waals surface area (Å²) in [5.74, 6) is 0.172. The van der Waals surface area contributed by atoms with E-state index in [2.05, 4.69) is 33.4 Å². The number of rotatable bonds is 7. The minimum absolute atomic E-state index is 0.172. The van der Waals surface area contributed by atoms with E-state index >= 15 is 0 Å². The summed E-state index contributed by atoms with van der Waals surface area (Å²) in [6.07, 6.45) is 0.488. The molecule has 116 valence electrons. The maximum atomic E-state index is 12.3. The van der Waals surface area contributed by atoms with Gasteiger partial charge in [0.2, 0.25) is 5.91 Å². The van der Waals surface area contributed by atoms with Crippen molar-refractivity contribution in [1.29, 1.82) is 0 Å². The predicted molar refractivity (Wildman–Crippen MR) is 94.8 cm³/mol. The molecule has 22 heavy (non-hydrogen) atoms. The molecule has 2 rings (SSSR count). The number of halogens is 1. The molecular formula is C18H21BrN2O. The Morgan fingerprint density at radius 3 is 2.45 bits per heavy atom. The number of para-hydroxylation sites is 1. The number of amides is 1. The second kappa shape index (κ2) is 8.59. The van der Waals surface area contributed by atoms with Crippen LogP contribution in [-0.4, -0.2) is 23.9 Å². The Kier molecular flexibility index (Phi) is 6.46. The Morgan fingerprint density at radius 2 is 1.77 bits per heavy atom. The van der Waals surface area contributed by atoms with Crippen molar-refractivity contribution >= 4 is 27.5 Å². The number of nitrogens with one attached hydrogen (secondary N) is 1. The number of hydrogen-bond acceptors (Lipinski definition) is 2. The van der Waals surface area contributed by atoms with E-state index < -0.39 is 0 Å². The summed E-state index contributed by atoms with van der Waals surface area (Å²) in [6.45, 7) is 4.04. The van der Waals surface area contributed by atoms with E-state index in [1.54, 1.807) is 0 Å². The van der Waals surface area contributed by atoms with Crippen molar-refractivity contribution in [3.8, 4) is 0 Å². The van der Waals surface area contributed by atoms with Crippen LogP contribution in [-0.2, 0) is 11.3 Å². The van der Waals surface area contributed by atoms with Crippen molar-refractivity contribution < 1.29 is 4.79 Å². The number of carbonyl (C=O) groups is 1. The molecule has 0 radical (unpaired) electrons. The molecule has 2 aromatic carbocycles. The minimum Gasteiger partial charge on any atom is -0.384 e. The van der Waals surface area contributed by atoms with E-state index in [-0.39, 0.29) is 5.91 Å². The highest BCUT2D eigenvalue weighted by Crippen LogP contribution is 2.21. The molecule has 0 aliphatic rings. The molecule has 0 atom stereocenters. The fourth-order valence-corrected chi connectivity index (χ4v) is 2.67. The Morgan fingerprint density at radius 1 is 1.09 bits per heavy atom. The molecular weight excluding hydrogens is 340 g/mol. The molecule has 0 bridgehead atoms. The van der Waals surface area contributed by atoms with E-state index in [0.717, 1.165) is 22.3 Å². The minimum atomic E-state index is 0.172. The maximum Gasteiger partial charge on any atom is 0.224 e. The van der Waals surface area contributed by atoms with Crippen LogP contribution in [0.4, 0.5) is 5.69 Å². The van der Waals surface area contributed by atoms with Gasteiger partial charge in [0.1, 0.15) is 0 Å². The molecule has 0 fully saturated rings. The highest BCUT2D eigenvalue weighted by atomic mass is 79.9. The zero-order chi connectivity index (χ0) is 15.8. The van der Waals surface area contributed by atoms with Crippen LogP contribution < -0.4 is 5.32 Å². The molecule has 3 nitrogen and oxygen atoms in total. The Bertz CT molecular complexity index is 601. The van der Waals surface area contributed by atoms with E-state index in [1.807, 2.05) is 54.3 Å². The lowest BCUT2D eigenvalue weighted by Crippen LogP contribution is -2.31. The molecule has 0 aromatic heterocycles. The Hall–Kier alpha value is -1.81. The summed E-state index contributed by atoms with van der Waals surface area (Å²) < 4.78 is 1.01. The van der Waals surface area contributed by atoms with Crippen molar-refractivity contribution in [2.24, 2.45) is 0 Å². The lowest BCUT2D eigenvalue weighted by Gasteiger charge is -2.21. The molecule has 1 amide bonds. The van der Waals surface area contributed by atoms with Gasteiger partial charge in [0.05, 0.1) is 0 Å². The Balaban J connectivity index is 1.83. The Labute approximate surface area is 140 Å². The van der Waals surface area contributed by atoms with Crippen LogP contribution in [0.25, 0.3) is 0 Å². The summed E-state index contributed by atoms with van der Waals surface area (Å²) in [5.41, 5.74) is 2.18. The van der Waals surface area contributed by atoms with Crippen molar-refractivity contribution in [2.75, 3.05) is 18.4 Å². The standard InChI is InChI=1S/C18H21BrN2O/c1-2-21(14-15-8-4-3-5-9-15)18(22)12-13-20-17-11-7-6-10-16(17)19/h3-11,20H,2,12-14H2,1H3. The van der Waals surface area contributed by atoms with E-state index in [9.17, 15) is 4.79 Å². The zero-order valence-electron chi connectivity index (χ0n) is 12.8. The SMILES string of the molecule is CCN(Cc1ccccc1)C(=O)CCNc1ccccc1Br. The van der Waals surface area contributed by atoms with Gasteiger partial charge in [-0.2, -0.15) is 0 Å². The highest BCUT2D eigenvalue weighted by molar-refractivity contribution is 9.10. The predicted octanol–water partition coefficient (Wildman–Crippen LogP) is 4.30. The number of anilines is 1. The van der Waals surface area contributed by atoms with Gasteiger partial charge in [-0.15, -0.1) is 0 Å². The van der Waals surface area contributed by atoms with E-state index in [4.69, 9.17) is 0 Å². The third kappa shape index (κ3) is 4.88. The van der Waals surface area contributed by atoms with Crippen LogP contribution in [0.1, 0.15) is 18.9 Å². The summed E-state index contributed by atoms with van der Waals surface area (Å²) in [4.78, 5) is 14.2. The monoisotopic (exact) mass is 360 g/mol. The number of benzene rings is 2. The average Bonchev–Trinajstić information content (AvgIpc) is 2.55. The van der Waals surface area contributed by atoms with Gasteiger partial charge in [-0.3, -0.25) is 4.79 Å². The maximum absolute atomic E-state index is 12.3. The summed E-state index contributed by atoms with van der Waals surface area (Å²) in [7, 11) is 0. The fraction of sp³-hybridized carbons (Fsp3) is 0.278. The topological polar surface area (TPSA) is 32.3 Å². The van der Waals surface area contributed by atoms with Gasteiger partial charge < -0.3 is 10.2 Å². The molecule has 0 unspecified atom stereocenters. The molecule has 0 saturated heterocycles. The molecule has 0 spiro atoms. The van der Waals surface area contributed by atoms with Crippen molar-refractivity contribution in [3.63, 3.8) is 0 Å². The number of carbonyl (C=O) groups excluding carboxylic acids is 1. The van der Waals surface area contributed by atoms with Gasteiger partial charge in [-0.25, -0.2) is 0 Å². The van der Waals surface area contributed by atoms with Crippen LogP contribution in [0.5, 0.6) is 0 Å². The first kappa shape index (κ1) is 16.6. The van der Waals surface area contributed by atoms with Crippen LogP contribution in [0.15, 0.2) is 59.1 Å². The first-order chi connectivity index (χ1) is 10.7. The molecule has 0 saturated carbocycles. The van der Waals surface area contributed by atoms with E-state index in [1.165, 1.54) is 0 Å². The third-order valence-electron chi connectivity index (χ3n) is 3.48. The lowest BCUT2D eigenvalue weighted by atomic mass is 10.2. The average molecular weight is 361 g/mol. The molecule has 1 N–H and O–H groups in total. The molecule has 0 aliphatic carbocycles. The molecule has 0 heterocycles. The smallest absolute Gasteiger partial charge is 0.224 e. The first-order valence-corrected chi connectivity index (χ1v) is 8.30. The number of nitrogens with zero attached hydrogens (tertiary/aromatic N) is 1. The second-order valence-electron chi connectivity index (χ2n) is 5.05. The van der Waals surface area contributed by atoms with Crippen LogP contribution in [0.2, 0.25) is 0 Å². The van der Waals surface area contributed by atoms with Crippen LogP contribution >= 0.6 is 15.9 Å². The van der Waals surface area contributed by atoms with Crippen molar-refractivity contribution in [1.82, 2.24) is 4.90 Å². The summed E-state index contributed by atoms with van der Waals surface area (Å²) in [6, 6.07) is 18.0. The van der Waals surface area contributed by atoms with Gasteiger partial charge in [0, 0.05) is 36.2 Å². The third-order valence-corrected chi connectivity index (χ3v) is 4.17. The lowest BCUT2D eigenvalue weighted by molar-refractivity contribution is -0.131. The fourth-order valence-electron chi connectivity index (χ4n) is 2.25. The summed E-state index contributed by atoms with van der Waals surface area (Å²) in [5, 5.41) is 3.29. The normalized spacial score (nSPS) is 10.3. The first-order valence-electron chi connectivity index (χ1n) is 7.50. The van der Waals surface area contributed by atoms with Crippen LogP contribution in [0, 0.1) is 0 Å². The van der Waals surface area contributed by atoms with E-state index in [0.29, 0.717) is 19.5 Å². The zero-order valence-corrected chi connectivity index (χ0v) is 14.3. The molecule has 4 heteroatoms. The van der Waals surface area contributed by atoms with Gasteiger partial charge >= 0.3 is 0 Å². The van der Waals surface area contributed by atoms with Crippen LogP contribution in [0.3, 0.4) is 0 Å². The molecule has 0 aliphatic heterocycles. The number of hydrogen-bond donors (Lipinski definition) is 1. The summed E-state index contributed by atoms with van der Waals surface area (Å²) >= 11 is 3.49.